The molecule has 0 N–H and O–H groups in total. The van der Waals surface area contributed by atoms with Crippen molar-refractivity contribution in [2.75, 3.05) is 45.8 Å². The van der Waals surface area contributed by atoms with Gasteiger partial charge in [0.05, 0.1) is 29.2 Å². The van der Waals surface area contributed by atoms with Gasteiger partial charge < -0.3 is 9.80 Å². The van der Waals surface area contributed by atoms with Gasteiger partial charge in [0.15, 0.2) is 0 Å². The fourth-order valence-corrected chi connectivity index (χ4v) is 3.91. The van der Waals surface area contributed by atoms with E-state index in [1.165, 1.54) is 0 Å². The van der Waals surface area contributed by atoms with E-state index in [0.29, 0.717) is 38.3 Å². The molecule has 7 heteroatoms. The minimum atomic E-state index is 0.0249. The van der Waals surface area contributed by atoms with E-state index in [2.05, 4.69) is 10.00 Å². The van der Waals surface area contributed by atoms with Gasteiger partial charge in [0.2, 0.25) is 5.91 Å². The number of hydrogen-bond acceptors (Lipinski definition) is 4. The number of carbonyl (C=O) groups is 2. The van der Waals surface area contributed by atoms with Gasteiger partial charge in [0.25, 0.3) is 5.91 Å². The molecule has 0 saturated carbocycles. The topological polar surface area (TPSA) is 61.7 Å². The number of aryl methyl sites for hydroxylation is 1. The molecule has 1 saturated heterocycles. The van der Waals surface area contributed by atoms with Gasteiger partial charge in [0, 0.05) is 39.3 Å². The summed E-state index contributed by atoms with van der Waals surface area (Å²) in [6.45, 7) is 12.4. The molecule has 0 aliphatic carbocycles. The van der Waals surface area contributed by atoms with Crippen molar-refractivity contribution in [1.29, 1.82) is 0 Å². The largest absolute Gasteiger partial charge is 0.342 e. The van der Waals surface area contributed by atoms with Crippen molar-refractivity contribution in [1.82, 2.24) is 24.5 Å². The van der Waals surface area contributed by atoms with Crippen LogP contribution in [0.5, 0.6) is 0 Å². The lowest BCUT2D eigenvalue weighted by Gasteiger charge is -2.35. The first-order valence-corrected chi connectivity index (χ1v) is 10.4. The van der Waals surface area contributed by atoms with Gasteiger partial charge in [0.1, 0.15) is 0 Å². The third kappa shape index (κ3) is 4.50. The van der Waals surface area contributed by atoms with E-state index in [4.69, 9.17) is 0 Å². The first-order chi connectivity index (χ1) is 14.0. The summed E-state index contributed by atoms with van der Waals surface area (Å²) < 4.78 is 1.83. The van der Waals surface area contributed by atoms with Gasteiger partial charge in [-0.1, -0.05) is 18.2 Å². The van der Waals surface area contributed by atoms with Crippen LogP contribution in [0.3, 0.4) is 0 Å². The quantitative estimate of drug-likeness (QED) is 0.749. The molecule has 7 nitrogen and oxygen atoms in total. The maximum Gasteiger partial charge on any atom is 0.257 e. The summed E-state index contributed by atoms with van der Waals surface area (Å²) in [5.41, 5.74) is 3.24. The standard InChI is InChI=1S/C22H31N5O2/c1-5-25(6-2)20(28)16-24-12-14-26(15-13-24)22(29)21-17(3)23-27(18(21)4)19-10-8-7-9-11-19/h7-11H,5-6,12-16H2,1-4H3. The normalized spacial score (nSPS) is 14.8. The molecule has 1 aromatic carbocycles. The molecule has 2 amide bonds. The number of benzene rings is 1. The van der Waals surface area contributed by atoms with Crippen LogP contribution in [0.4, 0.5) is 0 Å². The van der Waals surface area contributed by atoms with Gasteiger partial charge in [-0.15, -0.1) is 0 Å². The minimum Gasteiger partial charge on any atom is -0.342 e. The van der Waals surface area contributed by atoms with Crippen molar-refractivity contribution in [2.45, 2.75) is 27.7 Å². The monoisotopic (exact) mass is 397 g/mol. The van der Waals surface area contributed by atoms with Crippen LogP contribution in [0.2, 0.25) is 0 Å². The third-order valence-corrected chi connectivity index (χ3v) is 5.64. The SMILES string of the molecule is CCN(CC)C(=O)CN1CCN(C(=O)c2c(C)nn(-c3ccccc3)c2C)CC1. The first kappa shape index (κ1) is 21.0. The molecular formula is C22H31N5O2. The molecule has 156 valence electrons. The Labute approximate surface area is 172 Å². The Morgan fingerprint density at radius 3 is 2.21 bits per heavy atom. The van der Waals surface area contributed by atoms with Gasteiger partial charge in [-0.05, 0) is 39.8 Å². The number of amides is 2. The zero-order valence-electron chi connectivity index (χ0n) is 17.9. The molecule has 1 fully saturated rings. The van der Waals surface area contributed by atoms with Gasteiger partial charge in [-0.3, -0.25) is 14.5 Å². The highest BCUT2D eigenvalue weighted by Gasteiger charge is 2.28. The Hall–Kier alpha value is -2.67. The van der Waals surface area contributed by atoms with Crippen LogP contribution < -0.4 is 0 Å². The Morgan fingerprint density at radius 1 is 1.00 bits per heavy atom. The van der Waals surface area contributed by atoms with Crippen LogP contribution in [-0.4, -0.2) is 82.1 Å². The van der Waals surface area contributed by atoms with E-state index in [9.17, 15) is 9.59 Å². The zero-order chi connectivity index (χ0) is 21.0. The summed E-state index contributed by atoms with van der Waals surface area (Å²) in [6, 6.07) is 9.86. The summed E-state index contributed by atoms with van der Waals surface area (Å²) in [5.74, 6) is 0.183. The Bertz CT molecular complexity index is 850. The van der Waals surface area contributed by atoms with Crippen LogP contribution >= 0.6 is 0 Å². The molecular weight excluding hydrogens is 366 g/mol. The van der Waals surface area contributed by atoms with Crippen LogP contribution in [0, 0.1) is 13.8 Å². The van der Waals surface area contributed by atoms with E-state index in [1.807, 2.05) is 72.5 Å². The highest BCUT2D eigenvalue weighted by Crippen LogP contribution is 2.20. The second-order valence-corrected chi connectivity index (χ2v) is 7.43. The molecule has 0 unspecified atom stereocenters. The second kappa shape index (κ2) is 9.22. The van der Waals surface area contributed by atoms with Gasteiger partial charge in [-0.25, -0.2) is 4.68 Å². The summed E-state index contributed by atoms with van der Waals surface area (Å²) in [6.07, 6.45) is 0. The number of hydrogen-bond donors (Lipinski definition) is 0. The summed E-state index contributed by atoms with van der Waals surface area (Å²) >= 11 is 0. The fraction of sp³-hybridized carbons (Fsp3) is 0.500. The molecule has 2 heterocycles. The minimum absolute atomic E-state index is 0.0249. The molecule has 1 aliphatic heterocycles. The molecule has 0 atom stereocenters. The highest BCUT2D eigenvalue weighted by molar-refractivity contribution is 5.96. The Morgan fingerprint density at radius 2 is 1.62 bits per heavy atom. The Balaban J connectivity index is 1.66. The molecule has 29 heavy (non-hydrogen) atoms. The average Bonchev–Trinajstić information content (AvgIpc) is 3.03. The van der Waals surface area contributed by atoms with E-state index < -0.39 is 0 Å². The molecule has 0 spiro atoms. The number of carbonyl (C=O) groups excluding carboxylic acids is 2. The maximum absolute atomic E-state index is 13.2. The lowest BCUT2D eigenvalue weighted by atomic mass is 10.1. The smallest absolute Gasteiger partial charge is 0.257 e. The molecule has 0 radical (unpaired) electrons. The molecule has 1 aliphatic rings. The van der Waals surface area contributed by atoms with E-state index in [0.717, 1.165) is 30.2 Å². The zero-order valence-corrected chi connectivity index (χ0v) is 17.9. The van der Waals surface area contributed by atoms with Crippen molar-refractivity contribution in [2.24, 2.45) is 0 Å². The lowest BCUT2D eigenvalue weighted by molar-refractivity contribution is -0.132. The fourth-order valence-electron chi connectivity index (χ4n) is 3.91. The maximum atomic E-state index is 13.2. The number of likely N-dealkylation sites (N-methyl/N-ethyl adjacent to an activating group) is 1. The lowest BCUT2D eigenvalue weighted by Crippen LogP contribution is -2.51. The predicted molar refractivity (Wildman–Crippen MR) is 113 cm³/mol. The molecule has 2 aromatic rings. The van der Waals surface area contributed by atoms with Crippen LogP contribution in [0.1, 0.15) is 35.6 Å². The van der Waals surface area contributed by atoms with E-state index in [1.54, 1.807) is 0 Å². The first-order valence-electron chi connectivity index (χ1n) is 10.4. The van der Waals surface area contributed by atoms with Crippen molar-refractivity contribution in [3.8, 4) is 5.69 Å². The Kier molecular flexibility index (Phi) is 6.69. The van der Waals surface area contributed by atoms with Gasteiger partial charge in [-0.2, -0.15) is 5.10 Å². The number of piperazine rings is 1. The number of rotatable bonds is 6. The van der Waals surface area contributed by atoms with Crippen LogP contribution in [-0.2, 0) is 4.79 Å². The number of para-hydroxylation sites is 1. The second-order valence-electron chi connectivity index (χ2n) is 7.43. The van der Waals surface area contributed by atoms with E-state index in [-0.39, 0.29) is 11.8 Å². The molecule has 0 bridgehead atoms. The van der Waals surface area contributed by atoms with Crippen molar-refractivity contribution < 1.29 is 9.59 Å². The van der Waals surface area contributed by atoms with E-state index >= 15 is 0 Å². The van der Waals surface area contributed by atoms with Crippen LogP contribution in [0.25, 0.3) is 5.69 Å². The molecule has 1 aromatic heterocycles. The van der Waals surface area contributed by atoms with Crippen LogP contribution in [0.15, 0.2) is 30.3 Å². The number of nitrogens with zero attached hydrogens (tertiary/aromatic N) is 5. The van der Waals surface area contributed by atoms with Crippen molar-refractivity contribution in [3.05, 3.63) is 47.3 Å². The molecule has 3 rings (SSSR count). The highest BCUT2D eigenvalue weighted by atomic mass is 16.2. The van der Waals surface area contributed by atoms with Crippen molar-refractivity contribution >= 4 is 11.8 Å². The average molecular weight is 398 g/mol. The number of aromatic nitrogens is 2. The summed E-state index contributed by atoms with van der Waals surface area (Å²) in [5, 5.41) is 4.60. The predicted octanol–water partition coefficient (Wildman–Crippen LogP) is 2.12. The van der Waals surface area contributed by atoms with Crippen molar-refractivity contribution in [3.63, 3.8) is 0 Å². The third-order valence-electron chi connectivity index (χ3n) is 5.64. The van der Waals surface area contributed by atoms with Gasteiger partial charge >= 0.3 is 0 Å². The summed E-state index contributed by atoms with van der Waals surface area (Å²) in [4.78, 5) is 31.4. The summed E-state index contributed by atoms with van der Waals surface area (Å²) in [7, 11) is 0.